The van der Waals surface area contributed by atoms with Crippen LogP contribution in [-0.2, 0) is 19.1 Å². The van der Waals surface area contributed by atoms with Gasteiger partial charge in [-0.1, -0.05) is 6.08 Å². The van der Waals surface area contributed by atoms with E-state index in [9.17, 15) is 14.4 Å². The molecule has 28 heavy (non-hydrogen) atoms. The summed E-state index contributed by atoms with van der Waals surface area (Å²) in [6, 6.07) is 6.33. The Balaban J connectivity index is 1.91. The summed E-state index contributed by atoms with van der Waals surface area (Å²) in [5.74, 6) is -1.29. The number of benzene rings is 1. The van der Waals surface area contributed by atoms with Crippen molar-refractivity contribution in [3.8, 4) is 0 Å². The number of nitrogens with zero attached hydrogens (tertiary/aromatic N) is 1. The van der Waals surface area contributed by atoms with Crippen molar-refractivity contribution in [2.75, 3.05) is 18.1 Å². The summed E-state index contributed by atoms with van der Waals surface area (Å²) >= 11 is 0. The fourth-order valence-corrected chi connectivity index (χ4v) is 3.09. The maximum Gasteiger partial charge on any atom is 0.308 e. The maximum atomic E-state index is 12.7. The molecule has 0 aromatic heterocycles. The van der Waals surface area contributed by atoms with Gasteiger partial charge in [-0.2, -0.15) is 0 Å². The topological polar surface area (TPSA) is 126 Å². The van der Waals surface area contributed by atoms with Crippen molar-refractivity contribution in [1.29, 1.82) is 5.41 Å². The van der Waals surface area contributed by atoms with E-state index in [4.69, 9.17) is 15.9 Å². The minimum Gasteiger partial charge on any atom is -0.466 e. The molecule has 150 valence electrons. The number of rotatable bonds is 9. The second-order valence-corrected chi connectivity index (χ2v) is 6.56. The van der Waals surface area contributed by atoms with E-state index in [-0.39, 0.29) is 37.1 Å². The van der Waals surface area contributed by atoms with Crippen molar-refractivity contribution in [2.45, 2.75) is 32.2 Å². The molecule has 4 N–H and O–H groups in total. The van der Waals surface area contributed by atoms with Crippen LogP contribution in [0.25, 0.3) is 0 Å². The van der Waals surface area contributed by atoms with Gasteiger partial charge in [0.2, 0.25) is 11.8 Å². The van der Waals surface area contributed by atoms with Crippen molar-refractivity contribution in [3.05, 3.63) is 42.5 Å². The van der Waals surface area contributed by atoms with Crippen molar-refractivity contribution < 1.29 is 19.1 Å². The van der Waals surface area contributed by atoms with E-state index in [0.717, 1.165) is 0 Å². The van der Waals surface area contributed by atoms with Gasteiger partial charge in [-0.15, -0.1) is 6.58 Å². The van der Waals surface area contributed by atoms with Gasteiger partial charge in [0.25, 0.3) is 0 Å². The van der Waals surface area contributed by atoms with Crippen LogP contribution in [0.1, 0.15) is 31.7 Å². The average Bonchev–Trinajstić information content (AvgIpc) is 3.01. The molecule has 0 spiro atoms. The summed E-state index contributed by atoms with van der Waals surface area (Å²) in [7, 11) is 0. The fraction of sp³-hybridized carbons (Fsp3) is 0.400. The molecule has 0 radical (unpaired) electrons. The molecule has 2 atom stereocenters. The largest absolute Gasteiger partial charge is 0.466 e. The first-order chi connectivity index (χ1) is 13.3. The zero-order valence-electron chi connectivity index (χ0n) is 15.9. The lowest BCUT2D eigenvalue weighted by Crippen LogP contribution is -2.37. The van der Waals surface area contributed by atoms with Crippen LogP contribution in [0.5, 0.6) is 0 Å². The Kier molecular flexibility index (Phi) is 7.31. The second kappa shape index (κ2) is 9.68. The summed E-state index contributed by atoms with van der Waals surface area (Å²) in [6.45, 7) is 6.13. The molecule has 2 rings (SSSR count). The number of amides is 2. The van der Waals surface area contributed by atoms with Crippen molar-refractivity contribution in [3.63, 3.8) is 0 Å². The first-order valence-corrected chi connectivity index (χ1v) is 9.19. The Morgan fingerprint density at radius 2 is 2.11 bits per heavy atom. The molecule has 1 heterocycles. The van der Waals surface area contributed by atoms with Gasteiger partial charge in [-0.05, 0) is 37.6 Å². The zero-order chi connectivity index (χ0) is 20.7. The van der Waals surface area contributed by atoms with Crippen LogP contribution in [0.4, 0.5) is 5.69 Å². The summed E-state index contributed by atoms with van der Waals surface area (Å²) in [4.78, 5) is 38.1. The number of esters is 1. The molecule has 1 aromatic carbocycles. The Morgan fingerprint density at radius 3 is 2.68 bits per heavy atom. The van der Waals surface area contributed by atoms with E-state index in [1.165, 1.54) is 6.08 Å². The predicted molar refractivity (Wildman–Crippen MR) is 106 cm³/mol. The predicted octanol–water partition coefficient (Wildman–Crippen LogP) is 1.34. The number of ether oxygens (including phenoxy) is 1. The minimum absolute atomic E-state index is 0.0102. The van der Waals surface area contributed by atoms with Gasteiger partial charge in [0.15, 0.2) is 0 Å². The van der Waals surface area contributed by atoms with E-state index < -0.39 is 17.9 Å². The van der Waals surface area contributed by atoms with E-state index in [0.29, 0.717) is 24.2 Å². The van der Waals surface area contributed by atoms with Crippen LogP contribution in [0.2, 0.25) is 0 Å². The van der Waals surface area contributed by atoms with Gasteiger partial charge in [-0.25, -0.2) is 0 Å². The number of nitrogens with one attached hydrogen (secondary N) is 2. The van der Waals surface area contributed by atoms with Crippen LogP contribution < -0.4 is 16.0 Å². The molecule has 2 unspecified atom stereocenters. The Bertz CT molecular complexity index is 760. The van der Waals surface area contributed by atoms with Gasteiger partial charge >= 0.3 is 5.97 Å². The number of carbonyl (C=O) groups excluding carboxylic acids is 3. The molecule has 1 aliphatic heterocycles. The highest BCUT2D eigenvalue weighted by Gasteiger charge is 2.34. The molecule has 1 aliphatic rings. The third kappa shape index (κ3) is 5.42. The molecule has 8 heteroatoms. The van der Waals surface area contributed by atoms with Gasteiger partial charge in [0.1, 0.15) is 5.84 Å². The summed E-state index contributed by atoms with van der Waals surface area (Å²) in [5.41, 5.74) is 6.74. The molecule has 0 aliphatic carbocycles. The van der Waals surface area contributed by atoms with Crippen LogP contribution in [0, 0.1) is 11.3 Å². The molecule has 0 bridgehead atoms. The van der Waals surface area contributed by atoms with E-state index in [1.54, 1.807) is 36.1 Å². The first-order valence-electron chi connectivity index (χ1n) is 9.19. The highest BCUT2D eigenvalue weighted by atomic mass is 16.5. The quantitative estimate of drug-likeness (QED) is 0.256. The zero-order valence-corrected chi connectivity index (χ0v) is 15.9. The molecular weight excluding hydrogens is 360 g/mol. The molecule has 1 saturated heterocycles. The van der Waals surface area contributed by atoms with E-state index >= 15 is 0 Å². The molecule has 2 amide bonds. The summed E-state index contributed by atoms with van der Waals surface area (Å²) in [5, 5.41) is 10.1. The van der Waals surface area contributed by atoms with Gasteiger partial charge in [-0.3, -0.25) is 19.8 Å². The lowest BCUT2D eigenvalue weighted by molar-refractivity contribution is -0.143. The standard InChI is InChI=1S/C20H26N4O4/c1-3-15(12-18(26)28-4-2)23-17(25)11-14-9-10-24(20(14)27)16-7-5-13(6-8-16)19(21)22/h3,5-8,14-15H,1,4,9-12H2,2H3,(H3,21,22)(H,23,25). The number of nitrogen functional groups attached to an aromatic ring is 1. The van der Waals surface area contributed by atoms with Gasteiger partial charge in [0, 0.05) is 30.1 Å². The maximum absolute atomic E-state index is 12.7. The highest BCUT2D eigenvalue weighted by Crippen LogP contribution is 2.27. The lowest BCUT2D eigenvalue weighted by atomic mass is 10.0. The van der Waals surface area contributed by atoms with E-state index in [1.807, 2.05) is 0 Å². The third-order valence-corrected chi connectivity index (χ3v) is 4.56. The van der Waals surface area contributed by atoms with Crippen molar-refractivity contribution in [1.82, 2.24) is 5.32 Å². The molecule has 8 nitrogen and oxygen atoms in total. The number of hydrogen-bond acceptors (Lipinski definition) is 5. The SMILES string of the molecule is C=CC(CC(=O)OCC)NC(=O)CC1CCN(c2ccc(C(=N)N)cc2)C1=O. The fourth-order valence-electron chi connectivity index (χ4n) is 3.09. The Labute approximate surface area is 164 Å². The van der Waals surface area contributed by atoms with Gasteiger partial charge in [0.05, 0.1) is 19.1 Å². The summed E-state index contributed by atoms with van der Waals surface area (Å²) in [6.07, 6.45) is 2.11. The smallest absolute Gasteiger partial charge is 0.308 e. The van der Waals surface area contributed by atoms with Crippen LogP contribution in [0.15, 0.2) is 36.9 Å². The monoisotopic (exact) mass is 386 g/mol. The number of hydrogen-bond donors (Lipinski definition) is 3. The second-order valence-electron chi connectivity index (χ2n) is 6.56. The van der Waals surface area contributed by atoms with Crippen molar-refractivity contribution >= 4 is 29.3 Å². The third-order valence-electron chi connectivity index (χ3n) is 4.56. The molecule has 0 saturated carbocycles. The van der Waals surface area contributed by atoms with E-state index in [2.05, 4.69) is 11.9 Å². The average molecular weight is 386 g/mol. The lowest BCUT2D eigenvalue weighted by Gasteiger charge is -2.18. The Morgan fingerprint density at radius 1 is 1.43 bits per heavy atom. The molecule has 1 aromatic rings. The first kappa shape index (κ1) is 21.1. The van der Waals surface area contributed by atoms with Crippen LogP contribution in [-0.4, -0.2) is 42.8 Å². The minimum atomic E-state index is -0.529. The molecular formula is C20H26N4O4. The number of nitrogens with two attached hydrogens (primary N) is 1. The number of carbonyl (C=O) groups is 3. The van der Waals surface area contributed by atoms with Crippen LogP contribution in [0.3, 0.4) is 0 Å². The van der Waals surface area contributed by atoms with Crippen LogP contribution >= 0.6 is 0 Å². The summed E-state index contributed by atoms with van der Waals surface area (Å²) < 4.78 is 4.87. The normalized spacial score (nSPS) is 17.1. The number of anilines is 1. The van der Waals surface area contributed by atoms with Crippen molar-refractivity contribution in [2.24, 2.45) is 11.7 Å². The Hall–Kier alpha value is -3.16. The van der Waals surface area contributed by atoms with Gasteiger partial charge < -0.3 is 20.7 Å². The molecule has 1 fully saturated rings. The number of amidine groups is 1. The highest BCUT2D eigenvalue weighted by molar-refractivity contribution is 6.00.